The molecule has 5 nitrogen and oxygen atoms in total. The summed E-state index contributed by atoms with van der Waals surface area (Å²) in [7, 11) is 1.31. The number of hydrogen-bond donors (Lipinski definition) is 1. The van der Waals surface area contributed by atoms with Crippen molar-refractivity contribution in [2.45, 2.75) is 13.0 Å². The third kappa shape index (κ3) is 4.88. The van der Waals surface area contributed by atoms with E-state index in [1.165, 1.54) is 7.11 Å². The number of anilines is 1. The van der Waals surface area contributed by atoms with E-state index in [4.69, 9.17) is 27.9 Å². The molecule has 0 aromatic heterocycles. The normalized spacial score (nSPS) is 11.5. The molecule has 0 bridgehead atoms. The lowest BCUT2D eigenvalue weighted by Crippen LogP contribution is -2.30. The Kier molecular flexibility index (Phi) is 6.06. The molecule has 1 amide bonds. The molecule has 2 aromatic carbocycles. The van der Waals surface area contributed by atoms with E-state index in [1.807, 2.05) is 0 Å². The van der Waals surface area contributed by atoms with Gasteiger partial charge in [-0.25, -0.2) is 4.79 Å². The van der Waals surface area contributed by atoms with E-state index >= 15 is 0 Å². The highest BCUT2D eigenvalue weighted by Crippen LogP contribution is 2.23. The Morgan fingerprint density at radius 2 is 1.62 bits per heavy atom. The van der Waals surface area contributed by atoms with Crippen molar-refractivity contribution in [3.05, 3.63) is 58.1 Å². The van der Waals surface area contributed by atoms with Crippen LogP contribution in [0.1, 0.15) is 17.3 Å². The zero-order valence-corrected chi connectivity index (χ0v) is 14.5. The number of carbonyl (C=O) groups excluding carboxylic acids is 2. The predicted molar refractivity (Wildman–Crippen MR) is 93.0 cm³/mol. The minimum atomic E-state index is -0.758. The van der Waals surface area contributed by atoms with Crippen LogP contribution in [0.4, 0.5) is 5.69 Å². The average Bonchev–Trinajstić information content (AvgIpc) is 2.53. The van der Waals surface area contributed by atoms with Crippen LogP contribution in [0, 0.1) is 0 Å². The first-order valence-corrected chi connectivity index (χ1v) is 7.76. The maximum atomic E-state index is 12.2. The molecule has 0 spiro atoms. The van der Waals surface area contributed by atoms with Gasteiger partial charge in [-0.1, -0.05) is 23.2 Å². The number of halogens is 2. The van der Waals surface area contributed by atoms with Crippen LogP contribution >= 0.6 is 23.2 Å². The van der Waals surface area contributed by atoms with Crippen molar-refractivity contribution in [3.63, 3.8) is 0 Å². The van der Waals surface area contributed by atoms with Gasteiger partial charge in [0.05, 0.1) is 12.7 Å². The van der Waals surface area contributed by atoms with Gasteiger partial charge in [0, 0.05) is 15.7 Å². The molecule has 7 heteroatoms. The van der Waals surface area contributed by atoms with Crippen LogP contribution in [-0.4, -0.2) is 25.1 Å². The zero-order chi connectivity index (χ0) is 17.7. The van der Waals surface area contributed by atoms with Crippen molar-refractivity contribution < 1.29 is 19.1 Å². The van der Waals surface area contributed by atoms with E-state index in [-0.39, 0.29) is 5.91 Å². The molecule has 24 heavy (non-hydrogen) atoms. The second-order valence-corrected chi connectivity index (χ2v) is 5.80. The van der Waals surface area contributed by atoms with Crippen molar-refractivity contribution in [1.29, 1.82) is 0 Å². The summed E-state index contributed by atoms with van der Waals surface area (Å²) in [6.07, 6.45) is -0.758. The fourth-order valence-electron chi connectivity index (χ4n) is 1.91. The first-order chi connectivity index (χ1) is 11.4. The number of esters is 1. The van der Waals surface area contributed by atoms with Gasteiger partial charge in [0.1, 0.15) is 5.75 Å². The number of amides is 1. The second-order valence-electron chi connectivity index (χ2n) is 4.92. The first-order valence-electron chi connectivity index (χ1n) is 7.01. The van der Waals surface area contributed by atoms with Crippen LogP contribution in [0.5, 0.6) is 5.75 Å². The number of ether oxygens (including phenoxy) is 2. The highest BCUT2D eigenvalue weighted by molar-refractivity contribution is 6.35. The summed E-state index contributed by atoms with van der Waals surface area (Å²) < 4.78 is 10.2. The van der Waals surface area contributed by atoms with Gasteiger partial charge in [-0.15, -0.1) is 0 Å². The highest BCUT2D eigenvalue weighted by Gasteiger charge is 2.16. The van der Waals surface area contributed by atoms with Crippen molar-refractivity contribution in [2.24, 2.45) is 0 Å². The van der Waals surface area contributed by atoms with Gasteiger partial charge in [0.2, 0.25) is 0 Å². The fourth-order valence-corrected chi connectivity index (χ4v) is 2.44. The van der Waals surface area contributed by atoms with Gasteiger partial charge in [0.15, 0.2) is 6.10 Å². The van der Waals surface area contributed by atoms with Crippen LogP contribution in [0.15, 0.2) is 42.5 Å². The molecule has 0 aliphatic carbocycles. The minimum Gasteiger partial charge on any atom is -0.481 e. The van der Waals surface area contributed by atoms with Gasteiger partial charge in [-0.05, 0) is 49.4 Å². The summed E-state index contributed by atoms with van der Waals surface area (Å²) in [5.41, 5.74) is 0.879. The lowest BCUT2D eigenvalue weighted by molar-refractivity contribution is -0.122. The van der Waals surface area contributed by atoms with Crippen LogP contribution in [-0.2, 0) is 9.53 Å². The summed E-state index contributed by atoms with van der Waals surface area (Å²) in [5, 5.41) is 3.52. The summed E-state index contributed by atoms with van der Waals surface area (Å²) in [4.78, 5) is 23.5. The van der Waals surface area contributed by atoms with Crippen molar-refractivity contribution in [3.8, 4) is 5.75 Å². The van der Waals surface area contributed by atoms with E-state index in [2.05, 4.69) is 10.1 Å². The summed E-state index contributed by atoms with van der Waals surface area (Å²) >= 11 is 11.8. The van der Waals surface area contributed by atoms with Gasteiger partial charge in [-0.3, -0.25) is 4.79 Å². The lowest BCUT2D eigenvalue weighted by atomic mass is 10.2. The van der Waals surface area contributed by atoms with E-state index < -0.39 is 12.1 Å². The Labute approximate surface area is 149 Å². The summed E-state index contributed by atoms with van der Waals surface area (Å²) in [6, 6.07) is 11.0. The molecule has 126 valence electrons. The number of hydrogen-bond acceptors (Lipinski definition) is 4. The van der Waals surface area contributed by atoms with Gasteiger partial charge in [-0.2, -0.15) is 0 Å². The van der Waals surface area contributed by atoms with Crippen LogP contribution in [0.3, 0.4) is 0 Å². The minimum absolute atomic E-state index is 0.356. The molecule has 0 aliphatic heterocycles. The third-order valence-corrected chi connectivity index (χ3v) is 3.52. The molecule has 2 rings (SSSR count). The van der Waals surface area contributed by atoms with E-state index in [0.717, 1.165) is 0 Å². The number of methoxy groups -OCH3 is 1. The topological polar surface area (TPSA) is 64.6 Å². The van der Waals surface area contributed by atoms with E-state index in [9.17, 15) is 9.59 Å². The molecule has 1 N–H and O–H groups in total. The van der Waals surface area contributed by atoms with Crippen molar-refractivity contribution >= 4 is 40.8 Å². The average molecular weight is 368 g/mol. The smallest absolute Gasteiger partial charge is 0.337 e. The molecule has 0 saturated carbocycles. The standard InChI is InChI=1S/C17H15Cl2NO4/c1-10(16(21)20-14-8-12(18)7-13(19)9-14)24-15-5-3-11(4-6-15)17(22)23-2/h3-10H,1-2H3,(H,20,21)/t10-/m1/s1. The fraction of sp³-hybridized carbons (Fsp3) is 0.176. The number of benzene rings is 2. The molecule has 0 fully saturated rings. The quantitative estimate of drug-likeness (QED) is 0.804. The highest BCUT2D eigenvalue weighted by atomic mass is 35.5. The molecule has 0 heterocycles. The largest absolute Gasteiger partial charge is 0.481 e. The molecule has 0 unspecified atom stereocenters. The SMILES string of the molecule is COC(=O)c1ccc(O[C@H](C)C(=O)Nc2cc(Cl)cc(Cl)c2)cc1. The van der Waals surface area contributed by atoms with Crippen LogP contribution in [0.25, 0.3) is 0 Å². The number of carbonyl (C=O) groups is 2. The molecule has 1 atom stereocenters. The third-order valence-electron chi connectivity index (χ3n) is 3.09. The Hall–Kier alpha value is -2.24. The van der Waals surface area contributed by atoms with Crippen LogP contribution in [0.2, 0.25) is 10.0 Å². The maximum absolute atomic E-state index is 12.2. The van der Waals surface area contributed by atoms with Crippen LogP contribution < -0.4 is 10.1 Å². The van der Waals surface area contributed by atoms with E-state index in [1.54, 1.807) is 49.4 Å². The van der Waals surface area contributed by atoms with Crippen molar-refractivity contribution in [2.75, 3.05) is 12.4 Å². The van der Waals surface area contributed by atoms with Crippen molar-refractivity contribution in [1.82, 2.24) is 0 Å². The van der Waals surface area contributed by atoms with E-state index in [0.29, 0.717) is 27.0 Å². The lowest BCUT2D eigenvalue weighted by Gasteiger charge is -2.15. The first kappa shape index (κ1) is 18.1. The summed E-state index contributed by atoms with van der Waals surface area (Å²) in [5.74, 6) is -0.343. The molecule has 0 saturated heterocycles. The zero-order valence-electron chi connectivity index (χ0n) is 13.0. The second kappa shape index (κ2) is 8.04. The molecule has 0 aliphatic rings. The monoisotopic (exact) mass is 367 g/mol. The molecular weight excluding hydrogens is 353 g/mol. The Balaban J connectivity index is 1.99. The predicted octanol–water partition coefficient (Wildman–Crippen LogP) is 4.19. The molecular formula is C17H15Cl2NO4. The number of rotatable bonds is 5. The molecule has 2 aromatic rings. The Morgan fingerprint density at radius 1 is 1.04 bits per heavy atom. The van der Waals surface area contributed by atoms with Gasteiger partial charge >= 0.3 is 5.97 Å². The Bertz CT molecular complexity index is 727. The molecule has 0 radical (unpaired) electrons. The Morgan fingerprint density at radius 3 is 2.17 bits per heavy atom. The number of nitrogens with one attached hydrogen (secondary N) is 1. The summed E-state index contributed by atoms with van der Waals surface area (Å²) in [6.45, 7) is 1.61. The van der Waals surface area contributed by atoms with Gasteiger partial charge < -0.3 is 14.8 Å². The van der Waals surface area contributed by atoms with Gasteiger partial charge in [0.25, 0.3) is 5.91 Å². The maximum Gasteiger partial charge on any atom is 0.337 e.